The van der Waals surface area contributed by atoms with Crippen LogP contribution in [0.1, 0.15) is 26.7 Å². The van der Waals surface area contributed by atoms with Gasteiger partial charge in [-0.25, -0.2) is 8.42 Å². The summed E-state index contributed by atoms with van der Waals surface area (Å²) in [7, 11) is -3.09. The molecule has 1 aliphatic heterocycles. The number of carbonyl (C=O) groups excluding carboxylic acids is 2. The molecule has 0 aromatic carbocycles. The van der Waals surface area contributed by atoms with Crippen LogP contribution in [0.25, 0.3) is 0 Å². The summed E-state index contributed by atoms with van der Waals surface area (Å²) < 4.78 is 27.6. The third-order valence-electron chi connectivity index (χ3n) is 3.01. The molecule has 1 atom stereocenters. The lowest BCUT2D eigenvalue weighted by Gasteiger charge is -2.23. The molecule has 19 heavy (non-hydrogen) atoms. The summed E-state index contributed by atoms with van der Waals surface area (Å²) >= 11 is 0. The SMILES string of the molecule is CCCN(CC(=O)OCC)C(=O)C1CCS(=O)(=O)C1. The minimum absolute atomic E-state index is 0.0583. The molecule has 1 aliphatic rings. The fourth-order valence-electron chi connectivity index (χ4n) is 2.15. The summed E-state index contributed by atoms with van der Waals surface area (Å²) in [6, 6.07) is 0. The number of esters is 1. The van der Waals surface area contributed by atoms with Gasteiger partial charge in [-0.1, -0.05) is 6.92 Å². The summed E-state index contributed by atoms with van der Waals surface area (Å²) in [4.78, 5) is 25.1. The summed E-state index contributed by atoms with van der Waals surface area (Å²) in [6.07, 6.45) is 1.06. The van der Waals surface area contributed by atoms with Gasteiger partial charge in [0.05, 0.1) is 24.0 Å². The number of hydrogen-bond donors (Lipinski definition) is 0. The van der Waals surface area contributed by atoms with Gasteiger partial charge < -0.3 is 9.64 Å². The van der Waals surface area contributed by atoms with Crippen LogP contribution in [0, 0.1) is 5.92 Å². The Morgan fingerprint density at radius 2 is 2.00 bits per heavy atom. The zero-order valence-electron chi connectivity index (χ0n) is 11.4. The standard InChI is InChI=1S/C12H21NO5S/c1-3-6-13(8-11(14)18-4-2)12(15)10-5-7-19(16,17)9-10/h10H,3-9H2,1-2H3. The lowest BCUT2D eigenvalue weighted by atomic mass is 10.1. The summed E-state index contributed by atoms with van der Waals surface area (Å²) in [6.45, 7) is 4.21. The smallest absolute Gasteiger partial charge is 0.325 e. The number of hydrogen-bond acceptors (Lipinski definition) is 5. The first kappa shape index (κ1) is 15.9. The van der Waals surface area contributed by atoms with Crippen LogP contribution < -0.4 is 0 Å². The third-order valence-corrected chi connectivity index (χ3v) is 4.78. The Bertz CT molecular complexity index is 431. The predicted molar refractivity (Wildman–Crippen MR) is 70.3 cm³/mol. The molecule has 110 valence electrons. The highest BCUT2D eigenvalue weighted by atomic mass is 32.2. The van der Waals surface area contributed by atoms with Crippen LogP contribution in [0.5, 0.6) is 0 Å². The Balaban J connectivity index is 2.65. The van der Waals surface area contributed by atoms with Gasteiger partial charge in [-0.2, -0.15) is 0 Å². The molecule has 0 radical (unpaired) electrons. The van der Waals surface area contributed by atoms with Crippen LogP contribution in [-0.4, -0.2) is 56.4 Å². The molecule has 0 N–H and O–H groups in total. The van der Waals surface area contributed by atoms with Crippen LogP contribution in [0.2, 0.25) is 0 Å². The number of nitrogens with zero attached hydrogens (tertiary/aromatic N) is 1. The van der Waals surface area contributed by atoms with Gasteiger partial charge in [-0.05, 0) is 19.8 Å². The Kier molecular flexibility index (Phi) is 5.78. The molecule has 0 aliphatic carbocycles. The van der Waals surface area contributed by atoms with Crippen molar-refractivity contribution >= 4 is 21.7 Å². The van der Waals surface area contributed by atoms with Gasteiger partial charge in [0.25, 0.3) is 0 Å². The molecular formula is C12H21NO5S. The second-order valence-electron chi connectivity index (χ2n) is 4.66. The zero-order valence-corrected chi connectivity index (χ0v) is 12.2. The van der Waals surface area contributed by atoms with Crippen molar-refractivity contribution < 1.29 is 22.7 Å². The predicted octanol–water partition coefficient (Wildman–Crippen LogP) is 0.223. The van der Waals surface area contributed by atoms with Gasteiger partial charge in [0.2, 0.25) is 5.91 Å². The van der Waals surface area contributed by atoms with E-state index in [1.807, 2.05) is 6.92 Å². The van der Waals surface area contributed by atoms with Crippen molar-refractivity contribution in [3.8, 4) is 0 Å². The fraction of sp³-hybridized carbons (Fsp3) is 0.833. The topological polar surface area (TPSA) is 80.8 Å². The van der Waals surface area contributed by atoms with E-state index in [9.17, 15) is 18.0 Å². The van der Waals surface area contributed by atoms with Crippen LogP contribution in [0.3, 0.4) is 0 Å². The van der Waals surface area contributed by atoms with Crippen molar-refractivity contribution in [1.29, 1.82) is 0 Å². The van der Waals surface area contributed by atoms with Crippen molar-refractivity contribution in [2.45, 2.75) is 26.7 Å². The average Bonchev–Trinajstić information content (AvgIpc) is 2.68. The molecule has 1 amide bonds. The first-order valence-corrected chi connectivity index (χ1v) is 8.36. The van der Waals surface area contributed by atoms with Crippen molar-refractivity contribution in [2.24, 2.45) is 5.92 Å². The van der Waals surface area contributed by atoms with Gasteiger partial charge in [0, 0.05) is 6.54 Å². The molecular weight excluding hydrogens is 270 g/mol. The van der Waals surface area contributed by atoms with Gasteiger partial charge in [0.15, 0.2) is 9.84 Å². The molecule has 0 aromatic heterocycles. The Morgan fingerprint density at radius 3 is 2.47 bits per heavy atom. The number of rotatable bonds is 6. The summed E-state index contributed by atoms with van der Waals surface area (Å²) in [5.74, 6) is -1.26. The van der Waals surface area contributed by atoms with Gasteiger partial charge in [0.1, 0.15) is 6.54 Å². The van der Waals surface area contributed by atoms with E-state index in [4.69, 9.17) is 4.74 Å². The number of ether oxygens (including phenoxy) is 1. The van der Waals surface area contributed by atoms with Crippen LogP contribution >= 0.6 is 0 Å². The van der Waals surface area contributed by atoms with Gasteiger partial charge >= 0.3 is 5.97 Å². The van der Waals surface area contributed by atoms with Crippen molar-refractivity contribution in [3.63, 3.8) is 0 Å². The first-order chi connectivity index (χ1) is 8.89. The maximum absolute atomic E-state index is 12.2. The van der Waals surface area contributed by atoms with Gasteiger partial charge in [-0.3, -0.25) is 9.59 Å². The largest absolute Gasteiger partial charge is 0.465 e. The number of amides is 1. The monoisotopic (exact) mass is 291 g/mol. The van der Waals surface area contributed by atoms with E-state index in [2.05, 4.69) is 0 Å². The van der Waals surface area contributed by atoms with Gasteiger partial charge in [-0.15, -0.1) is 0 Å². The Hall–Kier alpha value is -1.11. The molecule has 0 spiro atoms. The minimum Gasteiger partial charge on any atom is -0.465 e. The number of sulfone groups is 1. The second-order valence-corrected chi connectivity index (χ2v) is 6.89. The molecule has 1 saturated heterocycles. The van der Waals surface area contributed by atoms with E-state index in [1.54, 1.807) is 6.92 Å². The molecule has 0 aromatic rings. The van der Waals surface area contributed by atoms with Crippen LogP contribution in [-0.2, 0) is 24.2 Å². The second kappa shape index (κ2) is 6.88. The van der Waals surface area contributed by atoms with E-state index < -0.39 is 21.7 Å². The Labute approximate surface area is 114 Å². The molecule has 1 unspecified atom stereocenters. The van der Waals surface area contributed by atoms with E-state index >= 15 is 0 Å². The van der Waals surface area contributed by atoms with Crippen molar-refractivity contribution in [3.05, 3.63) is 0 Å². The van der Waals surface area contributed by atoms with Crippen molar-refractivity contribution in [2.75, 3.05) is 31.2 Å². The molecule has 1 rings (SSSR count). The normalized spacial score (nSPS) is 21.1. The fourth-order valence-corrected chi connectivity index (χ4v) is 3.88. The van der Waals surface area contributed by atoms with E-state index in [0.717, 1.165) is 0 Å². The van der Waals surface area contributed by atoms with Crippen molar-refractivity contribution in [1.82, 2.24) is 4.90 Å². The molecule has 1 heterocycles. The van der Waals surface area contributed by atoms with Crippen LogP contribution in [0.15, 0.2) is 0 Å². The van der Waals surface area contributed by atoms with E-state index in [0.29, 0.717) is 19.4 Å². The highest BCUT2D eigenvalue weighted by molar-refractivity contribution is 7.91. The van der Waals surface area contributed by atoms with E-state index in [1.165, 1.54) is 4.90 Å². The summed E-state index contributed by atoms with van der Waals surface area (Å²) in [5.41, 5.74) is 0. The highest BCUT2D eigenvalue weighted by Gasteiger charge is 2.35. The molecule has 7 heteroatoms. The first-order valence-electron chi connectivity index (χ1n) is 6.54. The molecule has 0 bridgehead atoms. The minimum atomic E-state index is -3.09. The number of carbonyl (C=O) groups is 2. The third kappa shape index (κ3) is 4.81. The molecule has 1 fully saturated rings. The Morgan fingerprint density at radius 1 is 1.32 bits per heavy atom. The van der Waals surface area contributed by atoms with E-state index in [-0.39, 0.29) is 30.6 Å². The average molecular weight is 291 g/mol. The quantitative estimate of drug-likeness (QED) is 0.654. The lowest BCUT2D eigenvalue weighted by Crippen LogP contribution is -2.41. The maximum Gasteiger partial charge on any atom is 0.325 e. The molecule has 0 saturated carbocycles. The molecule has 6 nitrogen and oxygen atoms in total. The lowest BCUT2D eigenvalue weighted by molar-refractivity contribution is -0.150. The summed E-state index contributed by atoms with van der Waals surface area (Å²) in [5, 5.41) is 0. The van der Waals surface area contributed by atoms with Crippen LogP contribution in [0.4, 0.5) is 0 Å². The zero-order chi connectivity index (χ0) is 14.5. The maximum atomic E-state index is 12.2. The highest BCUT2D eigenvalue weighted by Crippen LogP contribution is 2.20.